The number of nitrogens with one attached hydrogen (secondary N) is 2. The van der Waals surface area contributed by atoms with Gasteiger partial charge in [-0.3, -0.25) is 5.32 Å². The summed E-state index contributed by atoms with van der Waals surface area (Å²) in [6, 6.07) is 6.78. The molecule has 0 radical (unpaired) electrons. The Labute approximate surface area is 164 Å². The molecule has 0 bridgehead atoms. The molecule has 0 aliphatic rings. The highest BCUT2D eigenvalue weighted by atomic mass is 19.4. The number of carbonyl (C=O) groups is 1. The van der Waals surface area contributed by atoms with E-state index in [0.717, 1.165) is 12.1 Å². The number of hydrogen-bond acceptors (Lipinski definition) is 5. The van der Waals surface area contributed by atoms with Crippen molar-refractivity contribution in [2.45, 2.75) is 39.1 Å². The van der Waals surface area contributed by atoms with Crippen LogP contribution in [0.1, 0.15) is 31.9 Å². The highest BCUT2D eigenvalue weighted by Crippen LogP contribution is 2.34. The third-order valence-corrected chi connectivity index (χ3v) is 3.61. The van der Waals surface area contributed by atoms with Gasteiger partial charge in [0, 0.05) is 6.54 Å². The summed E-state index contributed by atoms with van der Waals surface area (Å²) in [4.78, 5) is 22.8. The van der Waals surface area contributed by atoms with E-state index in [1.807, 2.05) is 0 Å². The number of hydrogen-bond donors (Lipinski definition) is 2. The van der Waals surface area contributed by atoms with Crippen molar-refractivity contribution in [2.24, 2.45) is 5.18 Å². The molecule has 2 N–H and O–H groups in total. The van der Waals surface area contributed by atoms with Crippen molar-refractivity contribution < 1.29 is 27.1 Å². The molecule has 0 heterocycles. The Balaban J connectivity index is 2.17. The molecule has 0 aromatic heterocycles. The predicted octanol–water partition coefficient (Wildman–Crippen LogP) is 6.20. The molecule has 1 amide bonds. The number of halogens is 4. The fraction of sp³-hybridized carbons (Fsp3) is 0.316. The highest BCUT2D eigenvalue weighted by molar-refractivity contribution is 5.90. The molecule has 0 spiro atoms. The van der Waals surface area contributed by atoms with E-state index in [1.54, 1.807) is 20.8 Å². The number of nitrogens with zero attached hydrogens (tertiary/aromatic N) is 1. The molecule has 0 atom stereocenters. The van der Waals surface area contributed by atoms with Crippen LogP contribution in [0.2, 0.25) is 0 Å². The molecule has 2 rings (SSSR count). The van der Waals surface area contributed by atoms with Crippen LogP contribution in [0, 0.1) is 10.7 Å². The van der Waals surface area contributed by atoms with Gasteiger partial charge < -0.3 is 10.1 Å². The van der Waals surface area contributed by atoms with Gasteiger partial charge in [-0.25, -0.2) is 9.18 Å². The molecule has 2 aromatic carbocycles. The maximum atomic E-state index is 14.8. The van der Waals surface area contributed by atoms with Gasteiger partial charge in [0.1, 0.15) is 17.0 Å². The normalized spacial score (nSPS) is 11.7. The Morgan fingerprint density at radius 1 is 1.07 bits per heavy atom. The number of alkyl halides is 3. The maximum absolute atomic E-state index is 14.8. The first kappa shape index (κ1) is 22.1. The lowest BCUT2D eigenvalue weighted by Gasteiger charge is -2.20. The van der Waals surface area contributed by atoms with Crippen molar-refractivity contribution >= 4 is 23.2 Å². The molecule has 0 aliphatic heterocycles. The van der Waals surface area contributed by atoms with E-state index in [-0.39, 0.29) is 17.9 Å². The van der Waals surface area contributed by atoms with Crippen molar-refractivity contribution in [3.05, 3.63) is 58.2 Å². The van der Waals surface area contributed by atoms with E-state index < -0.39 is 34.9 Å². The van der Waals surface area contributed by atoms with E-state index >= 15 is 0 Å². The first-order valence-corrected chi connectivity index (χ1v) is 8.46. The van der Waals surface area contributed by atoms with Crippen LogP contribution in [0.4, 0.5) is 39.4 Å². The first-order chi connectivity index (χ1) is 13.4. The predicted molar refractivity (Wildman–Crippen MR) is 100 cm³/mol. The number of anilines is 2. The summed E-state index contributed by atoms with van der Waals surface area (Å²) >= 11 is 0. The summed E-state index contributed by atoms with van der Waals surface area (Å²) in [5.41, 5.74) is -2.05. The fourth-order valence-electron chi connectivity index (χ4n) is 2.31. The Morgan fingerprint density at radius 3 is 2.21 bits per heavy atom. The lowest BCUT2D eigenvalue weighted by Crippen LogP contribution is -2.27. The van der Waals surface area contributed by atoms with Gasteiger partial charge >= 0.3 is 12.3 Å². The number of nitroso groups, excluding NO2 is 1. The molecule has 6 nitrogen and oxygen atoms in total. The van der Waals surface area contributed by atoms with Gasteiger partial charge in [0.2, 0.25) is 0 Å². The number of amides is 1. The molecule has 29 heavy (non-hydrogen) atoms. The minimum Gasteiger partial charge on any atom is -0.444 e. The number of benzene rings is 2. The van der Waals surface area contributed by atoms with E-state index in [2.05, 4.69) is 15.8 Å². The summed E-state index contributed by atoms with van der Waals surface area (Å²) in [6.45, 7) is 4.85. The smallest absolute Gasteiger partial charge is 0.416 e. The molecule has 2 aromatic rings. The molecule has 0 fully saturated rings. The van der Waals surface area contributed by atoms with Crippen LogP contribution < -0.4 is 10.6 Å². The summed E-state index contributed by atoms with van der Waals surface area (Å²) < 4.78 is 57.6. The van der Waals surface area contributed by atoms with Crippen LogP contribution >= 0.6 is 0 Å². The van der Waals surface area contributed by atoms with Crippen LogP contribution in [-0.4, -0.2) is 11.7 Å². The Bertz CT molecular complexity index is 891. The molecule has 0 saturated heterocycles. The largest absolute Gasteiger partial charge is 0.444 e. The average Bonchev–Trinajstić information content (AvgIpc) is 2.60. The minimum atomic E-state index is -4.45. The SMILES string of the molecule is CC(C)(C)OC(=O)Nc1c(N=O)ccc(NCc2ccc(C(F)(F)F)cc2)c1F. The van der Waals surface area contributed by atoms with Crippen molar-refractivity contribution in [1.29, 1.82) is 0 Å². The molecule has 156 valence electrons. The van der Waals surface area contributed by atoms with Crippen molar-refractivity contribution in [2.75, 3.05) is 10.6 Å². The van der Waals surface area contributed by atoms with Crippen molar-refractivity contribution in [1.82, 2.24) is 0 Å². The molecular formula is C19H19F4N3O3. The van der Waals surface area contributed by atoms with Gasteiger partial charge in [0.05, 0.1) is 11.3 Å². The Hall–Kier alpha value is -3.17. The molecule has 10 heteroatoms. The summed E-state index contributed by atoms with van der Waals surface area (Å²) in [7, 11) is 0. The second-order valence-corrected chi connectivity index (χ2v) is 7.09. The molecule has 0 saturated carbocycles. The van der Waals surface area contributed by atoms with Crippen LogP contribution in [0.5, 0.6) is 0 Å². The molecular weight excluding hydrogens is 394 g/mol. The summed E-state index contributed by atoms with van der Waals surface area (Å²) in [6.07, 6.45) is -5.42. The van der Waals surface area contributed by atoms with Gasteiger partial charge in [0.25, 0.3) is 0 Å². The Kier molecular flexibility index (Phi) is 6.45. The number of carbonyl (C=O) groups excluding carboxylic acids is 1. The van der Waals surface area contributed by atoms with Crippen LogP contribution in [0.25, 0.3) is 0 Å². The van der Waals surface area contributed by atoms with E-state index in [1.165, 1.54) is 24.3 Å². The quantitative estimate of drug-likeness (QED) is 0.452. The fourth-order valence-corrected chi connectivity index (χ4v) is 2.31. The third-order valence-electron chi connectivity index (χ3n) is 3.61. The number of rotatable bonds is 5. The van der Waals surface area contributed by atoms with Gasteiger partial charge in [-0.05, 0) is 55.8 Å². The Morgan fingerprint density at radius 2 is 1.69 bits per heavy atom. The van der Waals surface area contributed by atoms with Gasteiger partial charge in [0.15, 0.2) is 5.82 Å². The van der Waals surface area contributed by atoms with Crippen LogP contribution in [0.15, 0.2) is 41.6 Å². The zero-order valence-electron chi connectivity index (χ0n) is 15.9. The second-order valence-electron chi connectivity index (χ2n) is 7.09. The minimum absolute atomic E-state index is 0.00873. The second kappa shape index (κ2) is 8.46. The van der Waals surface area contributed by atoms with Gasteiger partial charge in [-0.1, -0.05) is 12.1 Å². The maximum Gasteiger partial charge on any atom is 0.416 e. The standard InChI is InChI=1S/C19H19F4N3O3/c1-18(2,3)29-17(27)25-16-14(26-28)9-8-13(15(16)20)24-10-11-4-6-12(7-5-11)19(21,22)23/h4-9,24H,10H2,1-3H3,(H,25,27). The van der Waals surface area contributed by atoms with Gasteiger partial charge in [-0.15, -0.1) is 4.91 Å². The number of ether oxygens (including phenoxy) is 1. The first-order valence-electron chi connectivity index (χ1n) is 8.46. The topological polar surface area (TPSA) is 79.8 Å². The lowest BCUT2D eigenvalue weighted by atomic mass is 10.1. The summed E-state index contributed by atoms with van der Waals surface area (Å²) in [5, 5.41) is 7.54. The molecule has 0 aliphatic carbocycles. The molecule has 0 unspecified atom stereocenters. The summed E-state index contributed by atoms with van der Waals surface area (Å²) in [5.74, 6) is -0.958. The van der Waals surface area contributed by atoms with E-state index in [4.69, 9.17) is 4.74 Å². The zero-order chi connectivity index (χ0) is 21.8. The zero-order valence-corrected chi connectivity index (χ0v) is 15.9. The van der Waals surface area contributed by atoms with Crippen molar-refractivity contribution in [3.8, 4) is 0 Å². The lowest BCUT2D eigenvalue weighted by molar-refractivity contribution is -0.137. The monoisotopic (exact) mass is 413 g/mol. The van der Waals surface area contributed by atoms with Gasteiger partial charge in [-0.2, -0.15) is 13.2 Å². The van der Waals surface area contributed by atoms with E-state index in [0.29, 0.717) is 5.56 Å². The van der Waals surface area contributed by atoms with E-state index in [9.17, 15) is 27.3 Å². The van der Waals surface area contributed by atoms with Crippen molar-refractivity contribution in [3.63, 3.8) is 0 Å². The van der Waals surface area contributed by atoms with Crippen LogP contribution in [-0.2, 0) is 17.5 Å². The average molecular weight is 413 g/mol. The highest BCUT2D eigenvalue weighted by Gasteiger charge is 2.30. The third kappa shape index (κ3) is 6.16. The van der Waals surface area contributed by atoms with Crippen LogP contribution in [0.3, 0.4) is 0 Å².